The third-order valence-electron chi connectivity index (χ3n) is 4.00. The van der Waals surface area contributed by atoms with Gasteiger partial charge in [0.15, 0.2) is 0 Å². The van der Waals surface area contributed by atoms with Crippen molar-refractivity contribution in [2.75, 3.05) is 34.5 Å². The lowest BCUT2D eigenvalue weighted by molar-refractivity contribution is -0.0221. The molecule has 2 bridgehead atoms. The van der Waals surface area contributed by atoms with Crippen LogP contribution in [0.15, 0.2) is 12.3 Å². The Kier molecular flexibility index (Phi) is 3.58. The minimum absolute atomic E-state index is 0.310. The van der Waals surface area contributed by atoms with E-state index in [4.69, 9.17) is 14.2 Å². The van der Waals surface area contributed by atoms with Gasteiger partial charge in [0.2, 0.25) is 5.88 Å². The van der Waals surface area contributed by atoms with Crippen LogP contribution in [0.4, 0.5) is 0 Å². The van der Waals surface area contributed by atoms with Crippen LogP contribution in [0.1, 0.15) is 12.0 Å². The molecule has 2 aliphatic heterocycles. The van der Waals surface area contributed by atoms with E-state index in [0.717, 1.165) is 25.2 Å². The van der Waals surface area contributed by atoms with E-state index in [1.807, 2.05) is 0 Å². The van der Waals surface area contributed by atoms with Crippen molar-refractivity contribution in [3.63, 3.8) is 0 Å². The Morgan fingerprint density at radius 1 is 1.30 bits per heavy atom. The molecule has 0 spiro atoms. The lowest BCUT2D eigenvalue weighted by Crippen LogP contribution is -2.51. The maximum Gasteiger partial charge on any atom is 0.319 e. The fourth-order valence-electron chi connectivity index (χ4n) is 2.78. The summed E-state index contributed by atoms with van der Waals surface area (Å²) in [6, 6.07) is 1.03. The van der Waals surface area contributed by atoms with Gasteiger partial charge >= 0.3 is 6.01 Å². The second kappa shape index (κ2) is 5.38. The van der Waals surface area contributed by atoms with E-state index in [0.29, 0.717) is 24.0 Å². The largest absolute Gasteiger partial charge is 0.480 e. The van der Waals surface area contributed by atoms with Crippen LogP contribution in [0.2, 0.25) is 0 Å². The molecule has 0 aliphatic carbocycles. The molecule has 20 heavy (non-hydrogen) atoms. The molecule has 6 nitrogen and oxygen atoms in total. The zero-order chi connectivity index (χ0) is 14.1. The number of morpholine rings is 1. The zero-order valence-electron chi connectivity index (χ0n) is 12.0. The van der Waals surface area contributed by atoms with Gasteiger partial charge in [0.05, 0.1) is 39.0 Å². The lowest BCUT2D eigenvalue weighted by atomic mass is 9.91. The highest BCUT2D eigenvalue weighted by Crippen LogP contribution is 2.34. The Balaban J connectivity index is 1.97. The second-order valence-electron chi connectivity index (χ2n) is 5.10. The fourth-order valence-corrected chi connectivity index (χ4v) is 2.78. The maximum absolute atomic E-state index is 5.62. The number of likely N-dealkylation sites (N-methyl/N-ethyl adjacent to an activating group) is 1. The quantitative estimate of drug-likeness (QED) is 0.821. The summed E-state index contributed by atoms with van der Waals surface area (Å²) in [5.41, 5.74) is 2.17. The minimum Gasteiger partial charge on any atom is -0.480 e. The highest BCUT2D eigenvalue weighted by atomic mass is 16.5. The maximum atomic E-state index is 5.62. The minimum atomic E-state index is 0.310. The molecule has 0 aromatic carbocycles. The third kappa shape index (κ3) is 2.25. The normalized spacial score (nSPS) is 26.1. The summed E-state index contributed by atoms with van der Waals surface area (Å²) in [4.78, 5) is 10.8. The Morgan fingerprint density at radius 2 is 2.15 bits per heavy atom. The predicted molar refractivity (Wildman–Crippen MR) is 73.9 cm³/mol. The van der Waals surface area contributed by atoms with E-state index < -0.39 is 0 Å². The number of rotatable bonds is 3. The van der Waals surface area contributed by atoms with Crippen molar-refractivity contribution >= 4 is 5.57 Å². The monoisotopic (exact) mass is 277 g/mol. The first-order chi connectivity index (χ1) is 9.72. The summed E-state index contributed by atoms with van der Waals surface area (Å²) in [5.74, 6) is 0.562. The van der Waals surface area contributed by atoms with Crippen molar-refractivity contribution in [1.82, 2.24) is 14.9 Å². The van der Waals surface area contributed by atoms with Gasteiger partial charge in [-0.1, -0.05) is 6.08 Å². The molecule has 0 radical (unpaired) electrons. The highest BCUT2D eigenvalue weighted by molar-refractivity contribution is 5.70. The Bertz CT molecular complexity index is 532. The molecule has 2 unspecified atom stereocenters. The van der Waals surface area contributed by atoms with Crippen molar-refractivity contribution in [1.29, 1.82) is 0 Å². The topological polar surface area (TPSA) is 56.7 Å². The number of methoxy groups -OCH3 is 2. The van der Waals surface area contributed by atoms with Gasteiger partial charge in [-0.05, 0) is 19.0 Å². The van der Waals surface area contributed by atoms with E-state index in [9.17, 15) is 0 Å². The lowest BCUT2D eigenvalue weighted by Gasteiger charge is -2.42. The van der Waals surface area contributed by atoms with Gasteiger partial charge in [-0.15, -0.1) is 0 Å². The van der Waals surface area contributed by atoms with Crippen molar-refractivity contribution < 1.29 is 14.2 Å². The molecule has 3 heterocycles. The van der Waals surface area contributed by atoms with Gasteiger partial charge < -0.3 is 14.2 Å². The molecule has 0 N–H and O–H groups in total. The summed E-state index contributed by atoms with van der Waals surface area (Å²) in [5, 5.41) is 0. The zero-order valence-corrected chi connectivity index (χ0v) is 12.0. The average molecular weight is 277 g/mol. The van der Waals surface area contributed by atoms with E-state index in [1.54, 1.807) is 20.4 Å². The molecule has 108 valence electrons. The van der Waals surface area contributed by atoms with Gasteiger partial charge in [-0.2, -0.15) is 4.98 Å². The van der Waals surface area contributed by atoms with Crippen LogP contribution >= 0.6 is 0 Å². The first-order valence-corrected chi connectivity index (χ1v) is 6.68. The molecule has 2 aliphatic rings. The van der Waals surface area contributed by atoms with E-state index >= 15 is 0 Å². The molecule has 3 rings (SSSR count). The highest BCUT2D eigenvalue weighted by Gasteiger charge is 2.33. The number of nitrogens with zero attached hydrogens (tertiary/aromatic N) is 3. The summed E-state index contributed by atoms with van der Waals surface area (Å²) in [6.07, 6.45) is 4.92. The van der Waals surface area contributed by atoms with Crippen LogP contribution in [0.25, 0.3) is 5.57 Å². The fraction of sp³-hybridized carbons (Fsp3) is 0.571. The molecule has 1 aromatic heterocycles. The molecular formula is C14H19N3O3. The van der Waals surface area contributed by atoms with Crippen LogP contribution in [0.5, 0.6) is 11.9 Å². The van der Waals surface area contributed by atoms with Crippen molar-refractivity contribution in [2.45, 2.75) is 18.5 Å². The van der Waals surface area contributed by atoms with Crippen LogP contribution in [0, 0.1) is 0 Å². The summed E-state index contributed by atoms with van der Waals surface area (Å²) in [7, 11) is 5.31. The van der Waals surface area contributed by atoms with Crippen molar-refractivity contribution in [3.05, 3.63) is 17.8 Å². The van der Waals surface area contributed by atoms with Crippen molar-refractivity contribution in [3.8, 4) is 11.9 Å². The first-order valence-electron chi connectivity index (χ1n) is 6.68. The number of ether oxygens (including phenoxy) is 3. The Labute approximate surface area is 118 Å². The summed E-state index contributed by atoms with van der Waals surface area (Å²) in [6.45, 7) is 1.50. The standard InChI is InChI=1S/C14H19N3O3/c1-17-10-4-9(5-11(17)8-20-7-10)12-6-15-14(19-3)16-13(12)18-2/h4,6,10-11H,5,7-8H2,1-3H3. The summed E-state index contributed by atoms with van der Waals surface area (Å²) < 4.78 is 16.0. The predicted octanol–water partition coefficient (Wildman–Crippen LogP) is 0.980. The van der Waals surface area contributed by atoms with Gasteiger partial charge in [0.25, 0.3) is 0 Å². The summed E-state index contributed by atoms with van der Waals surface area (Å²) >= 11 is 0. The van der Waals surface area contributed by atoms with Crippen LogP contribution in [-0.2, 0) is 4.74 Å². The van der Waals surface area contributed by atoms with Gasteiger partial charge in [-0.25, -0.2) is 4.98 Å². The first kappa shape index (κ1) is 13.3. The van der Waals surface area contributed by atoms with Crippen LogP contribution in [-0.4, -0.2) is 61.4 Å². The smallest absolute Gasteiger partial charge is 0.319 e. The van der Waals surface area contributed by atoms with Gasteiger partial charge in [0, 0.05) is 12.2 Å². The molecule has 0 saturated carbocycles. The number of hydrogen-bond acceptors (Lipinski definition) is 6. The Hall–Kier alpha value is -1.66. The Morgan fingerprint density at radius 3 is 2.85 bits per heavy atom. The molecular weight excluding hydrogens is 258 g/mol. The molecule has 1 saturated heterocycles. The number of fused-ring (bicyclic) bond motifs is 2. The van der Waals surface area contributed by atoms with Gasteiger partial charge in [-0.3, -0.25) is 4.90 Å². The number of aromatic nitrogens is 2. The third-order valence-corrected chi connectivity index (χ3v) is 4.00. The van der Waals surface area contributed by atoms with Gasteiger partial charge in [0.1, 0.15) is 0 Å². The molecule has 6 heteroatoms. The van der Waals surface area contributed by atoms with E-state index in [1.165, 1.54) is 5.57 Å². The SMILES string of the molecule is COc1ncc(C2=CC3COCC(C2)N3C)c(OC)n1. The van der Waals surface area contributed by atoms with E-state index in [2.05, 4.69) is 28.0 Å². The average Bonchev–Trinajstić information content (AvgIpc) is 2.46. The molecule has 1 fully saturated rings. The number of hydrogen-bond donors (Lipinski definition) is 0. The van der Waals surface area contributed by atoms with Crippen LogP contribution in [0.3, 0.4) is 0 Å². The van der Waals surface area contributed by atoms with E-state index in [-0.39, 0.29) is 0 Å². The van der Waals surface area contributed by atoms with Crippen LogP contribution < -0.4 is 9.47 Å². The molecule has 1 aromatic rings. The second-order valence-corrected chi connectivity index (χ2v) is 5.10. The van der Waals surface area contributed by atoms with Crippen molar-refractivity contribution in [2.24, 2.45) is 0 Å². The molecule has 0 amide bonds. The molecule has 2 atom stereocenters.